The van der Waals surface area contributed by atoms with Gasteiger partial charge in [-0.15, -0.1) is 0 Å². The molecule has 1 aliphatic rings. The summed E-state index contributed by atoms with van der Waals surface area (Å²) in [6.07, 6.45) is 0. The molecule has 1 aliphatic heterocycles. The van der Waals surface area contributed by atoms with Crippen LogP contribution in [0.25, 0.3) is 0 Å². The quantitative estimate of drug-likeness (QED) is 0.704. The molecule has 1 N–H and O–H groups in total. The van der Waals surface area contributed by atoms with Crippen LogP contribution >= 0.6 is 0 Å². The van der Waals surface area contributed by atoms with E-state index < -0.39 is 0 Å². The van der Waals surface area contributed by atoms with Crippen molar-refractivity contribution in [1.82, 2.24) is 5.32 Å². The summed E-state index contributed by atoms with van der Waals surface area (Å²) in [5.74, 6) is -0.320. The van der Waals surface area contributed by atoms with Crippen molar-refractivity contribution < 1.29 is 8.78 Å². The molecule has 1 heterocycles. The fourth-order valence-corrected chi connectivity index (χ4v) is 1.64. The molecule has 1 aromatic rings. The summed E-state index contributed by atoms with van der Waals surface area (Å²) < 4.78 is 26.0. The van der Waals surface area contributed by atoms with Crippen molar-refractivity contribution in [2.45, 2.75) is 13.0 Å². The molecule has 1 nitrogen and oxygen atoms in total. The van der Waals surface area contributed by atoms with Crippen molar-refractivity contribution in [3.05, 3.63) is 35.4 Å². The average Bonchev–Trinajstić information content (AvgIpc) is 2.09. The first-order valence-corrected chi connectivity index (χ1v) is 4.37. The standard InChI is InChI=1S/C10H11F2N/c1-6-5-13-10(6)8-4-7(11)2-3-9(8)12/h2-4,6,10,13H,5H2,1H3. The van der Waals surface area contributed by atoms with Gasteiger partial charge in [0, 0.05) is 18.2 Å². The summed E-state index contributed by atoms with van der Waals surface area (Å²) in [4.78, 5) is 0. The lowest BCUT2D eigenvalue weighted by molar-refractivity contribution is 0.251. The van der Waals surface area contributed by atoms with Gasteiger partial charge >= 0.3 is 0 Å². The van der Waals surface area contributed by atoms with Gasteiger partial charge in [0.2, 0.25) is 0 Å². The Hall–Kier alpha value is -0.960. The van der Waals surface area contributed by atoms with Crippen LogP contribution in [0.4, 0.5) is 8.78 Å². The molecular formula is C10H11F2N. The third kappa shape index (κ3) is 1.44. The monoisotopic (exact) mass is 183 g/mol. The first-order chi connectivity index (χ1) is 6.18. The van der Waals surface area contributed by atoms with Crippen molar-refractivity contribution in [2.75, 3.05) is 6.54 Å². The molecule has 2 atom stereocenters. The minimum atomic E-state index is -0.377. The molecule has 13 heavy (non-hydrogen) atoms. The van der Waals surface area contributed by atoms with Crippen LogP contribution in [0.5, 0.6) is 0 Å². The molecule has 1 saturated heterocycles. The Kier molecular flexibility index (Phi) is 2.04. The highest BCUT2D eigenvalue weighted by Crippen LogP contribution is 2.30. The van der Waals surface area contributed by atoms with E-state index in [0.717, 1.165) is 12.6 Å². The Morgan fingerprint density at radius 1 is 1.38 bits per heavy atom. The van der Waals surface area contributed by atoms with E-state index in [9.17, 15) is 8.78 Å². The van der Waals surface area contributed by atoms with Crippen LogP contribution < -0.4 is 5.32 Å². The van der Waals surface area contributed by atoms with E-state index in [1.807, 2.05) is 6.92 Å². The van der Waals surface area contributed by atoms with Gasteiger partial charge < -0.3 is 5.32 Å². The predicted molar refractivity (Wildman–Crippen MR) is 46.3 cm³/mol. The zero-order valence-corrected chi connectivity index (χ0v) is 7.35. The number of nitrogens with one attached hydrogen (secondary N) is 1. The second-order valence-electron chi connectivity index (χ2n) is 3.53. The molecule has 0 aromatic heterocycles. The summed E-state index contributed by atoms with van der Waals surface area (Å²) in [5, 5.41) is 3.07. The lowest BCUT2D eigenvalue weighted by Crippen LogP contribution is -2.44. The van der Waals surface area contributed by atoms with Crippen LogP contribution in [-0.4, -0.2) is 6.54 Å². The molecule has 2 rings (SSSR count). The summed E-state index contributed by atoms with van der Waals surface area (Å²) in [6, 6.07) is 3.57. The fraction of sp³-hybridized carbons (Fsp3) is 0.400. The van der Waals surface area contributed by atoms with Gasteiger partial charge in [-0.3, -0.25) is 0 Å². The maximum absolute atomic E-state index is 13.2. The zero-order chi connectivity index (χ0) is 9.42. The van der Waals surface area contributed by atoms with E-state index in [2.05, 4.69) is 5.32 Å². The van der Waals surface area contributed by atoms with Gasteiger partial charge in [-0.25, -0.2) is 8.78 Å². The van der Waals surface area contributed by atoms with E-state index >= 15 is 0 Å². The Balaban J connectivity index is 2.33. The van der Waals surface area contributed by atoms with Gasteiger partial charge in [0.25, 0.3) is 0 Å². The Bertz CT molecular complexity index is 325. The normalized spacial score (nSPS) is 27.0. The lowest BCUT2D eigenvalue weighted by atomic mass is 9.87. The topological polar surface area (TPSA) is 12.0 Å². The van der Waals surface area contributed by atoms with Crippen LogP contribution in [0.3, 0.4) is 0 Å². The molecule has 0 bridgehead atoms. The number of hydrogen-bond donors (Lipinski definition) is 1. The summed E-state index contributed by atoms with van der Waals surface area (Å²) in [7, 11) is 0. The highest BCUT2D eigenvalue weighted by molar-refractivity contribution is 5.24. The zero-order valence-electron chi connectivity index (χ0n) is 7.35. The predicted octanol–water partition coefficient (Wildman–Crippen LogP) is 2.25. The van der Waals surface area contributed by atoms with E-state index in [-0.39, 0.29) is 17.7 Å². The summed E-state index contributed by atoms with van der Waals surface area (Å²) >= 11 is 0. The maximum atomic E-state index is 13.2. The molecule has 2 unspecified atom stereocenters. The average molecular weight is 183 g/mol. The molecule has 0 spiro atoms. The summed E-state index contributed by atoms with van der Waals surface area (Å²) in [5.41, 5.74) is 0.443. The molecule has 0 saturated carbocycles. The Labute approximate surface area is 75.8 Å². The first-order valence-electron chi connectivity index (χ1n) is 4.37. The lowest BCUT2D eigenvalue weighted by Gasteiger charge is -2.36. The first kappa shape index (κ1) is 8.63. The molecule has 70 valence electrons. The molecule has 0 radical (unpaired) electrons. The van der Waals surface area contributed by atoms with Gasteiger partial charge in [-0.05, 0) is 24.1 Å². The van der Waals surface area contributed by atoms with Crippen molar-refractivity contribution in [1.29, 1.82) is 0 Å². The number of halogens is 2. The van der Waals surface area contributed by atoms with Crippen molar-refractivity contribution in [3.63, 3.8) is 0 Å². The highest BCUT2D eigenvalue weighted by atomic mass is 19.1. The fourth-order valence-electron chi connectivity index (χ4n) is 1.64. The molecule has 3 heteroatoms. The third-order valence-corrected chi connectivity index (χ3v) is 2.52. The molecule has 1 aromatic carbocycles. The molecule has 0 amide bonds. The Morgan fingerprint density at radius 3 is 2.69 bits per heavy atom. The molecule has 1 fully saturated rings. The molecule has 0 aliphatic carbocycles. The summed E-state index contributed by atoms with van der Waals surface area (Å²) in [6.45, 7) is 2.89. The van der Waals surface area contributed by atoms with Crippen LogP contribution in [0.2, 0.25) is 0 Å². The van der Waals surface area contributed by atoms with Crippen molar-refractivity contribution in [3.8, 4) is 0 Å². The number of rotatable bonds is 1. The third-order valence-electron chi connectivity index (χ3n) is 2.52. The van der Waals surface area contributed by atoms with Crippen molar-refractivity contribution >= 4 is 0 Å². The number of benzene rings is 1. The largest absolute Gasteiger partial charge is 0.309 e. The minimum Gasteiger partial charge on any atom is -0.309 e. The minimum absolute atomic E-state index is 0.0179. The van der Waals surface area contributed by atoms with E-state index in [4.69, 9.17) is 0 Å². The second kappa shape index (κ2) is 3.07. The smallest absolute Gasteiger partial charge is 0.128 e. The van der Waals surface area contributed by atoms with Gasteiger partial charge in [0.15, 0.2) is 0 Å². The van der Waals surface area contributed by atoms with Gasteiger partial charge in [0.1, 0.15) is 11.6 Å². The van der Waals surface area contributed by atoms with Crippen LogP contribution in [0, 0.1) is 17.6 Å². The van der Waals surface area contributed by atoms with Gasteiger partial charge in [-0.1, -0.05) is 6.92 Å². The van der Waals surface area contributed by atoms with Crippen LogP contribution in [0.15, 0.2) is 18.2 Å². The Morgan fingerprint density at radius 2 is 2.15 bits per heavy atom. The van der Waals surface area contributed by atoms with Gasteiger partial charge in [-0.2, -0.15) is 0 Å². The maximum Gasteiger partial charge on any atom is 0.128 e. The van der Waals surface area contributed by atoms with Crippen molar-refractivity contribution in [2.24, 2.45) is 5.92 Å². The highest BCUT2D eigenvalue weighted by Gasteiger charge is 2.29. The van der Waals surface area contributed by atoms with E-state index in [1.54, 1.807) is 0 Å². The van der Waals surface area contributed by atoms with Gasteiger partial charge in [0.05, 0.1) is 0 Å². The van der Waals surface area contributed by atoms with E-state index in [0.29, 0.717) is 11.5 Å². The SMILES string of the molecule is CC1CNC1c1cc(F)ccc1F. The second-order valence-corrected chi connectivity index (χ2v) is 3.53. The van der Waals surface area contributed by atoms with E-state index in [1.165, 1.54) is 12.1 Å². The molecular weight excluding hydrogens is 172 g/mol. The van der Waals surface area contributed by atoms with Crippen LogP contribution in [-0.2, 0) is 0 Å². The van der Waals surface area contributed by atoms with Crippen LogP contribution in [0.1, 0.15) is 18.5 Å². The number of hydrogen-bond acceptors (Lipinski definition) is 1.